The molecule has 0 radical (unpaired) electrons. The van der Waals surface area contributed by atoms with E-state index in [2.05, 4.69) is 20.0 Å². The second-order valence-electron chi connectivity index (χ2n) is 8.58. The summed E-state index contributed by atoms with van der Waals surface area (Å²) in [5, 5.41) is 3.00. The number of aromatic nitrogens is 2. The van der Waals surface area contributed by atoms with Gasteiger partial charge in [0, 0.05) is 30.3 Å². The van der Waals surface area contributed by atoms with Crippen molar-refractivity contribution in [3.63, 3.8) is 0 Å². The Bertz CT molecular complexity index is 784. The van der Waals surface area contributed by atoms with Crippen molar-refractivity contribution in [1.29, 1.82) is 0 Å². The van der Waals surface area contributed by atoms with Crippen molar-refractivity contribution in [3.8, 4) is 0 Å². The molecule has 1 N–H and O–H groups in total. The maximum atomic E-state index is 14.2. The summed E-state index contributed by atoms with van der Waals surface area (Å²) in [6.07, 6.45) is -2.64. The van der Waals surface area contributed by atoms with Gasteiger partial charge in [-0.1, -0.05) is 0 Å². The second-order valence-corrected chi connectivity index (χ2v) is 8.58. The molecule has 4 aliphatic rings. The van der Waals surface area contributed by atoms with E-state index in [0.29, 0.717) is 31.0 Å². The minimum absolute atomic E-state index is 0.0634. The van der Waals surface area contributed by atoms with E-state index >= 15 is 0 Å². The first-order valence-corrected chi connectivity index (χ1v) is 9.85. The molecule has 1 saturated heterocycles. The smallest absolute Gasteiger partial charge is 0.359 e. The summed E-state index contributed by atoms with van der Waals surface area (Å²) < 4.78 is 55.6. The molecule has 2 bridgehead atoms. The van der Waals surface area contributed by atoms with Crippen LogP contribution in [0.3, 0.4) is 0 Å². The first-order chi connectivity index (χ1) is 13.5. The lowest BCUT2D eigenvalue weighted by Crippen LogP contribution is -2.43. The summed E-state index contributed by atoms with van der Waals surface area (Å²) in [5.74, 6) is 0.492. The number of amides is 1. The lowest BCUT2D eigenvalue weighted by Gasteiger charge is -2.30. The summed E-state index contributed by atoms with van der Waals surface area (Å²) >= 11 is 0. The molecule has 1 amide bonds. The number of nitrogens with zero attached hydrogens (tertiary/aromatic N) is 3. The number of hydrogen-bond donors (Lipinski definition) is 1. The Hall–Kier alpha value is -1.97. The Kier molecular flexibility index (Phi) is 4.95. The molecule has 5 rings (SSSR count). The fraction of sp³-hybridized carbons (Fsp3) is 0.737. The predicted molar refractivity (Wildman–Crippen MR) is 95.8 cm³/mol. The van der Waals surface area contributed by atoms with Gasteiger partial charge in [0.25, 0.3) is 0 Å². The molecule has 160 valence electrons. The fourth-order valence-corrected chi connectivity index (χ4v) is 4.99. The minimum atomic E-state index is -4.72. The lowest BCUT2D eigenvalue weighted by atomic mass is 9.80. The highest BCUT2D eigenvalue weighted by molar-refractivity contribution is 5.84. The molecular formula is C19H24F4N4O2. The predicted octanol–water partition coefficient (Wildman–Crippen LogP) is 3.41. The van der Waals surface area contributed by atoms with Crippen LogP contribution >= 0.6 is 0 Å². The normalized spacial score (nSPS) is 34.8. The molecule has 1 aromatic rings. The zero-order chi connectivity index (χ0) is 21.0. The summed E-state index contributed by atoms with van der Waals surface area (Å²) in [5.41, 5.74) is -0.296. The van der Waals surface area contributed by atoms with E-state index in [4.69, 9.17) is 0 Å². The molecule has 10 heteroatoms. The summed E-state index contributed by atoms with van der Waals surface area (Å²) in [6.45, 7) is 3.23. The summed E-state index contributed by atoms with van der Waals surface area (Å²) in [7, 11) is 0. The van der Waals surface area contributed by atoms with E-state index in [-0.39, 0.29) is 30.8 Å². The zero-order valence-corrected chi connectivity index (χ0v) is 16.2. The van der Waals surface area contributed by atoms with Crippen LogP contribution in [0.25, 0.3) is 0 Å². The Balaban J connectivity index is 1.37. The van der Waals surface area contributed by atoms with Crippen molar-refractivity contribution < 1.29 is 27.1 Å². The standard InChI is InChI=1S/C19H24F4N4O2/c1-10-3-13(29-19(21,22)23)8-27(10)17(28)11(2)26-16-4-15(24-9-25-16)14-7-18(20)5-12(14)6-18/h4,9-14H,3,5-8H2,1-2H3,(H,24,25,26)/t10-,11+,12?,13+,14+,18?/m0/s1. The van der Waals surface area contributed by atoms with E-state index in [1.165, 1.54) is 11.2 Å². The van der Waals surface area contributed by atoms with Gasteiger partial charge in [0.15, 0.2) is 0 Å². The molecule has 1 aliphatic heterocycles. The zero-order valence-electron chi connectivity index (χ0n) is 16.2. The molecule has 0 spiro atoms. The molecule has 3 saturated carbocycles. The van der Waals surface area contributed by atoms with E-state index in [1.54, 1.807) is 19.9 Å². The van der Waals surface area contributed by atoms with Crippen LogP contribution in [0.15, 0.2) is 12.4 Å². The molecule has 0 unspecified atom stereocenters. The molecule has 4 fully saturated rings. The molecule has 1 aromatic heterocycles. The number of halogens is 4. The highest BCUT2D eigenvalue weighted by Crippen LogP contribution is 2.61. The van der Waals surface area contributed by atoms with Crippen LogP contribution in [0, 0.1) is 5.92 Å². The number of carbonyl (C=O) groups is 1. The van der Waals surface area contributed by atoms with Gasteiger partial charge in [-0.15, -0.1) is 13.2 Å². The third-order valence-corrected chi connectivity index (χ3v) is 6.33. The van der Waals surface area contributed by atoms with Gasteiger partial charge >= 0.3 is 6.36 Å². The highest BCUT2D eigenvalue weighted by Gasteiger charge is 2.57. The van der Waals surface area contributed by atoms with Crippen LogP contribution in [0.1, 0.15) is 51.1 Å². The highest BCUT2D eigenvalue weighted by atomic mass is 19.4. The number of ether oxygens (including phenoxy) is 1. The van der Waals surface area contributed by atoms with Gasteiger partial charge in [0.2, 0.25) is 5.91 Å². The van der Waals surface area contributed by atoms with Crippen LogP contribution in [-0.2, 0) is 9.53 Å². The number of alkyl halides is 4. The Labute approximate surface area is 166 Å². The van der Waals surface area contributed by atoms with Crippen LogP contribution in [0.4, 0.5) is 23.4 Å². The Morgan fingerprint density at radius 3 is 2.69 bits per heavy atom. The van der Waals surface area contributed by atoms with E-state index < -0.39 is 24.2 Å². The van der Waals surface area contributed by atoms with Gasteiger partial charge in [-0.2, -0.15) is 0 Å². The average molecular weight is 416 g/mol. The number of carbonyl (C=O) groups excluding carboxylic acids is 1. The first kappa shape index (κ1) is 20.3. The quantitative estimate of drug-likeness (QED) is 0.746. The van der Waals surface area contributed by atoms with Crippen molar-refractivity contribution in [1.82, 2.24) is 14.9 Å². The van der Waals surface area contributed by atoms with Gasteiger partial charge in [-0.05, 0) is 45.4 Å². The molecule has 2 heterocycles. The van der Waals surface area contributed by atoms with E-state index in [9.17, 15) is 22.4 Å². The van der Waals surface area contributed by atoms with Crippen molar-refractivity contribution in [2.24, 2.45) is 5.92 Å². The number of anilines is 1. The van der Waals surface area contributed by atoms with Gasteiger partial charge < -0.3 is 10.2 Å². The Morgan fingerprint density at radius 1 is 1.34 bits per heavy atom. The minimum Gasteiger partial charge on any atom is -0.359 e. The largest absolute Gasteiger partial charge is 0.522 e. The van der Waals surface area contributed by atoms with Crippen molar-refractivity contribution >= 4 is 11.7 Å². The topological polar surface area (TPSA) is 67.4 Å². The molecule has 6 nitrogen and oxygen atoms in total. The van der Waals surface area contributed by atoms with Crippen molar-refractivity contribution in [2.45, 2.75) is 75.7 Å². The SMILES string of the molecule is C[C@@H](Nc1cc([C@@H]2CC3(F)CC2C3)ncn1)C(=O)N1C[C@H](OC(F)(F)F)C[C@@H]1C. The van der Waals surface area contributed by atoms with Gasteiger partial charge in [0.05, 0.1) is 6.10 Å². The van der Waals surface area contributed by atoms with Gasteiger partial charge in [0.1, 0.15) is 23.9 Å². The van der Waals surface area contributed by atoms with Crippen LogP contribution in [0.2, 0.25) is 0 Å². The van der Waals surface area contributed by atoms with E-state index in [1.807, 2.05) is 0 Å². The van der Waals surface area contributed by atoms with Crippen molar-refractivity contribution in [3.05, 3.63) is 18.1 Å². The van der Waals surface area contributed by atoms with Crippen LogP contribution in [-0.4, -0.2) is 57.5 Å². The lowest BCUT2D eigenvalue weighted by molar-refractivity contribution is -0.340. The maximum Gasteiger partial charge on any atom is 0.522 e. The number of hydrogen-bond acceptors (Lipinski definition) is 5. The Morgan fingerprint density at radius 2 is 2.07 bits per heavy atom. The van der Waals surface area contributed by atoms with Gasteiger partial charge in [-0.25, -0.2) is 14.4 Å². The molecule has 29 heavy (non-hydrogen) atoms. The third-order valence-electron chi connectivity index (χ3n) is 6.33. The monoisotopic (exact) mass is 416 g/mol. The van der Waals surface area contributed by atoms with Crippen molar-refractivity contribution in [2.75, 3.05) is 11.9 Å². The molecule has 4 atom stereocenters. The average Bonchev–Trinajstić information content (AvgIpc) is 3.23. The van der Waals surface area contributed by atoms with Crippen LogP contribution in [0.5, 0.6) is 0 Å². The molecule has 3 aliphatic carbocycles. The first-order valence-electron chi connectivity index (χ1n) is 9.85. The summed E-state index contributed by atoms with van der Waals surface area (Å²) in [6, 6.07) is 0.697. The number of fused-ring (bicyclic) bond motifs is 1. The van der Waals surface area contributed by atoms with Gasteiger partial charge in [-0.3, -0.25) is 9.53 Å². The number of likely N-dealkylation sites (tertiary alicyclic amines) is 1. The van der Waals surface area contributed by atoms with E-state index in [0.717, 1.165) is 5.69 Å². The maximum absolute atomic E-state index is 14.2. The molecular weight excluding hydrogens is 392 g/mol. The third kappa shape index (κ3) is 4.17. The fourth-order valence-electron chi connectivity index (χ4n) is 4.99. The molecule has 0 aromatic carbocycles. The second kappa shape index (κ2) is 7.07. The number of rotatable bonds is 5. The number of nitrogens with one attached hydrogen (secondary N) is 1. The summed E-state index contributed by atoms with van der Waals surface area (Å²) in [4.78, 5) is 22.6. The van der Waals surface area contributed by atoms with Crippen LogP contribution < -0.4 is 5.32 Å².